The minimum absolute atomic E-state index is 0.119. The van der Waals surface area contributed by atoms with Crippen molar-refractivity contribution in [3.05, 3.63) is 49.1 Å². The number of nitrogens with zero attached hydrogens (tertiary/aromatic N) is 4. The van der Waals surface area contributed by atoms with Gasteiger partial charge in [-0.3, -0.25) is 9.59 Å². The van der Waals surface area contributed by atoms with Crippen molar-refractivity contribution < 1.29 is 18.0 Å². The standard InChI is InChI=1S/C21H29N5O4S/c27-20(23-10-4-5-12-24-13-11-22-18-24)8-9-21(28)25-14-16-26(17-15-25)31(29,30)19-6-2-1-3-7-19/h1-3,6-7,11,13,18H,4-5,8-10,12,14-17H2,(H,23,27). The molecule has 0 radical (unpaired) electrons. The van der Waals surface area contributed by atoms with Gasteiger partial charge in [-0.2, -0.15) is 4.31 Å². The number of sulfonamides is 1. The Kier molecular flexibility index (Phi) is 8.19. The Labute approximate surface area is 183 Å². The molecule has 9 nitrogen and oxygen atoms in total. The number of carbonyl (C=O) groups is 2. The van der Waals surface area contributed by atoms with E-state index in [1.807, 2.05) is 10.8 Å². The van der Waals surface area contributed by atoms with Gasteiger partial charge in [-0.05, 0) is 25.0 Å². The molecule has 10 heteroatoms. The second kappa shape index (κ2) is 11.1. The fraction of sp³-hybridized carbons (Fsp3) is 0.476. The Morgan fingerprint density at radius 2 is 1.74 bits per heavy atom. The zero-order valence-corrected chi connectivity index (χ0v) is 18.3. The largest absolute Gasteiger partial charge is 0.356 e. The maximum absolute atomic E-state index is 12.7. The van der Waals surface area contributed by atoms with Gasteiger partial charge in [0.25, 0.3) is 0 Å². The van der Waals surface area contributed by atoms with Gasteiger partial charge in [0.15, 0.2) is 0 Å². The summed E-state index contributed by atoms with van der Waals surface area (Å²) in [5.41, 5.74) is 0. The number of rotatable bonds is 10. The molecule has 1 fully saturated rings. The zero-order valence-electron chi connectivity index (χ0n) is 17.5. The molecule has 0 saturated carbocycles. The Morgan fingerprint density at radius 3 is 2.42 bits per heavy atom. The Balaban J connectivity index is 1.32. The van der Waals surface area contributed by atoms with Crippen LogP contribution in [0.15, 0.2) is 53.9 Å². The summed E-state index contributed by atoms with van der Waals surface area (Å²) in [4.78, 5) is 30.3. The topological polar surface area (TPSA) is 105 Å². The molecule has 3 rings (SSSR count). The molecule has 0 unspecified atom stereocenters. The van der Waals surface area contributed by atoms with Gasteiger partial charge in [-0.1, -0.05) is 18.2 Å². The third kappa shape index (κ3) is 6.63. The molecule has 0 bridgehead atoms. The van der Waals surface area contributed by atoms with Gasteiger partial charge in [0.05, 0.1) is 11.2 Å². The average Bonchev–Trinajstić information content (AvgIpc) is 3.31. The normalized spacial score (nSPS) is 15.0. The molecule has 31 heavy (non-hydrogen) atoms. The van der Waals surface area contributed by atoms with Crippen molar-refractivity contribution in [1.29, 1.82) is 0 Å². The number of imidazole rings is 1. The Bertz CT molecular complexity index is 939. The Hall–Kier alpha value is -2.72. The van der Waals surface area contributed by atoms with Crippen molar-refractivity contribution in [1.82, 2.24) is 24.1 Å². The second-order valence-corrected chi connectivity index (χ2v) is 9.39. The third-order valence-electron chi connectivity index (χ3n) is 5.26. The first kappa shape index (κ1) is 23.0. The molecule has 1 aliphatic rings. The molecular weight excluding hydrogens is 418 g/mol. The van der Waals surface area contributed by atoms with Crippen molar-refractivity contribution in [2.45, 2.75) is 37.1 Å². The van der Waals surface area contributed by atoms with E-state index in [2.05, 4.69) is 10.3 Å². The van der Waals surface area contributed by atoms with Gasteiger partial charge in [0.2, 0.25) is 21.8 Å². The van der Waals surface area contributed by atoms with Gasteiger partial charge in [0.1, 0.15) is 0 Å². The van der Waals surface area contributed by atoms with Crippen LogP contribution in [0.2, 0.25) is 0 Å². The predicted octanol–water partition coefficient (Wildman–Crippen LogP) is 1.09. The van der Waals surface area contributed by atoms with Gasteiger partial charge < -0.3 is 14.8 Å². The summed E-state index contributed by atoms with van der Waals surface area (Å²) < 4.78 is 28.7. The van der Waals surface area contributed by atoms with Gasteiger partial charge in [0, 0.05) is 64.5 Å². The van der Waals surface area contributed by atoms with Crippen molar-refractivity contribution >= 4 is 21.8 Å². The fourth-order valence-electron chi connectivity index (χ4n) is 3.45. The zero-order chi connectivity index (χ0) is 22.1. The number of benzene rings is 1. The molecule has 1 aromatic heterocycles. The minimum atomic E-state index is -3.54. The summed E-state index contributed by atoms with van der Waals surface area (Å²) in [6.07, 6.45) is 7.47. The molecule has 1 saturated heterocycles. The fourth-order valence-corrected chi connectivity index (χ4v) is 4.90. The van der Waals surface area contributed by atoms with Crippen LogP contribution in [0.4, 0.5) is 0 Å². The van der Waals surface area contributed by atoms with E-state index in [9.17, 15) is 18.0 Å². The van der Waals surface area contributed by atoms with E-state index in [1.54, 1.807) is 47.8 Å². The summed E-state index contributed by atoms with van der Waals surface area (Å²) in [6, 6.07) is 8.30. The van der Waals surface area contributed by atoms with Crippen LogP contribution in [0, 0.1) is 0 Å². The molecule has 0 atom stereocenters. The van der Waals surface area contributed by atoms with Crippen LogP contribution in [-0.4, -0.2) is 71.7 Å². The van der Waals surface area contributed by atoms with Crippen LogP contribution in [-0.2, 0) is 26.2 Å². The highest BCUT2D eigenvalue weighted by atomic mass is 32.2. The number of amides is 2. The average molecular weight is 448 g/mol. The second-order valence-electron chi connectivity index (χ2n) is 7.46. The summed E-state index contributed by atoms with van der Waals surface area (Å²) in [5, 5.41) is 2.84. The molecule has 168 valence electrons. The first-order chi connectivity index (χ1) is 15.0. The first-order valence-corrected chi connectivity index (χ1v) is 12.0. The smallest absolute Gasteiger partial charge is 0.243 e. The summed E-state index contributed by atoms with van der Waals surface area (Å²) >= 11 is 0. The van der Waals surface area contributed by atoms with Crippen LogP contribution in [0.5, 0.6) is 0 Å². The summed E-state index contributed by atoms with van der Waals surface area (Å²) in [6.45, 7) is 2.62. The Morgan fingerprint density at radius 1 is 1.00 bits per heavy atom. The molecule has 2 aromatic rings. The highest BCUT2D eigenvalue weighted by Crippen LogP contribution is 2.17. The monoisotopic (exact) mass is 447 g/mol. The van der Waals surface area contributed by atoms with E-state index in [0.717, 1.165) is 19.4 Å². The summed E-state index contributed by atoms with van der Waals surface area (Å²) in [5.74, 6) is -0.256. The lowest BCUT2D eigenvalue weighted by atomic mass is 10.2. The predicted molar refractivity (Wildman–Crippen MR) is 115 cm³/mol. The van der Waals surface area contributed by atoms with Crippen LogP contribution in [0.3, 0.4) is 0 Å². The highest BCUT2D eigenvalue weighted by molar-refractivity contribution is 7.89. The quantitative estimate of drug-likeness (QED) is 0.549. The van der Waals surface area contributed by atoms with Crippen molar-refractivity contribution in [3.8, 4) is 0 Å². The number of unbranched alkanes of at least 4 members (excludes halogenated alkanes) is 1. The molecule has 1 N–H and O–H groups in total. The van der Waals surface area contributed by atoms with Gasteiger partial charge in [-0.15, -0.1) is 0 Å². The lowest BCUT2D eigenvalue weighted by Gasteiger charge is -2.34. The van der Waals surface area contributed by atoms with E-state index in [0.29, 0.717) is 19.6 Å². The maximum atomic E-state index is 12.7. The van der Waals surface area contributed by atoms with Crippen LogP contribution < -0.4 is 5.32 Å². The van der Waals surface area contributed by atoms with E-state index in [1.165, 1.54) is 4.31 Å². The van der Waals surface area contributed by atoms with Crippen LogP contribution in [0.25, 0.3) is 0 Å². The van der Waals surface area contributed by atoms with Crippen LogP contribution >= 0.6 is 0 Å². The van der Waals surface area contributed by atoms with Gasteiger partial charge in [-0.25, -0.2) is 13.4 Å². The van der Waals surface area contributed by atoms with E-state index in [-0.39, 0.29) is 42.6 Å². The number of piperazine rings is 1. The van der Waals surface area contributed by atoms with E-state index in [4.69, 9.17) is 0 Å². The van der Waals surface area contributed by atoms with E-state index >= 15 is 0 Å². The van der Waals surface area contributed by atoms with Crippen LogP contribution in [0.1, 0.15) is 25.7 Å². The van der Waals surface area contributed by atoms with E-state index < -0.39 is 10.0 Å². The minimum Gasteiger partial charge on any atom is -0.356 e. The lowest BCUT2D eigenvalue weighted by Crippen LogP contribution is -2.50. The number of carbonyl (C=O) groups excluding carboxylic acids is 2. The van der Waals surface area contributed by atoms with Crippen molar-refractivity contribution in [3.63, 3.8) is 0 Å². The van der Waals surface area contributed by atoms with Crippen molar-refractivity contribution in [2.75, 3.05) is 32.7 Å². The first-order valence-electron chi connectivity index (χ1n) is 10.5. The third-order valence-corrected chi connectivity index (χ3v) is 7.18. The molecule has 1 aromatic carbocycles. The highest BCUT2D eigenvalue weighted by Gasteiger charge is 2.29. The number of hydrogen-bond acceptors (Lipinski definition) is 5. The summed E-state index contributed by atoms with van der Waals surface area (Å²) in [7, 11) is -3.54. The molecular formula is C21H29N5O4S. The number of hydrogen-bond donors (Lipinski definition) is 1. The number of aryl methyl sites for hydroxylation is 1. The molecule has 2 heterocycles. The molecule has 1 aliphatic heterocycles. The molecule has 0 spiro atoms. The van der Waals surface area contributed by atoms with Gasteiger partial charge >= 0.3 is 0 Å². The number of nitrogens with one attached hydrogen (secondary N) is 1. The number of aromatic nitrogens is 2. The maximum Gasteiger partial charge on any atom is 0.243 e. The SMILES string of the molecule is O=C(CCC(=O)N1CCN(S(=O)(=O)c2ccccc2)CC1)NCCCCn1ccnc1. The lowest BCUT2D eigenvalue weighted by molar-refractivity contribution is -0.134. The molecule has 0 aliphatic carbocycles. The molecule has 2 amide bonds. The van der Waals surface area contributed by atoms with Crippen molar-refractivity contribution in [2.24, 2.45) is 0 Å².